The topological polar surface area (TPSA) is 41.5 Å². The maximum atomic E-state index is 11.1. The van der Waals surface area contributed by atoms with Crippen molar-refractivity contribution < 1.29 is 9.84 Å². The maximum absolute atomic E-state index is 11.1. The summed E-state index contributed by atoms with van der Waals surface area (Å²) >= 11 is 0. The Balaban J connectivity index is 1.24. The number of rotatable bonds is 7. The minimum absolute atomic E-state index is 0.406. The molecule has 0 heterocycles. The molecule has 5 rings (SSSR count). The molecule has 1 aromatic rings. The van der Waals surface area contributed by atoms with E-state index in [9.17, 15) is 5.11 Å². The predicted octanol–water partition coefficient (Wildman–Crippen LogP) is 6.76. The molecule has 34 heavy (non-hydrogen) atoms. The first-order chi connectivity index (χ1) is 16.3. The van der Waals surface area contributed by atoms with E-state index in [2.05, 4.69) is 56.4 Å². The second-order valence-corrected chi connectivity index (χ2v) is 12.9. The van der Waals surface area contributed by atoms with Crippen LogP contribution in [0.5, 0.6) is 0 Å². The van der Waals surface area contributed by atoms with Gasteiger partial charge in [0.25, 0.3) is 0 Å². The highest BCUT2D eigenvalue weighted by Gasteiger charge is 2.58. The van der Waals surface area contributed by atoms with Gasteiger partial charge in [0.15, 0.2) is 0 Å². The third kappa shape index (κ3) is 4.50. The number of benzene rings is 1. The van der Waals surface area contributed by atoms with Crippen LogP contribution in [0.1, 0.15) is 97.1 Å². The van der Waals surface area contributed by atoms with Gasteiger partial charge in [-0.2, -0.15) is 0 Å². The molecule has 4 aliphatic carbocycles. The Bertz CT molecular complexity index is 813. The first kappa shape index (κ1) is 24.8. The normalized spacial score (nSPS) is 43.4. The second-order valence-electron chi connectivity index (χ2n) is 12.9. The van der Waals surface area contributed by atoms with E-state index in [1.165, 1.54) is 50.5 Å². The van der Waals surface area contributed by atoms with Gasteiger partial charge in [-0.15, -0.1) is 0 Å². The summed E-state index contributed by atoms with van der Waals surface area (Å²) in [7, 11) is 0. The Morgan fingerprint density at radius 3 is 2.50 bits per heavy atom. The van der Waals surface area contributed by atoms with Crippen molar-refractivity contribution in [2.24, 2.45) is 40.9 Å². The fourth-order valence-corrected chi connectivity index (χ4v) is 9.60. The lowest BCUT2D eigenvalue weighted by molar-refractivity contribution is -0.129. The molecular weight excluding hydrogens is 418 g/mol. The molecule has 0 aliphatic heterocycles. The maximum Gasteiger partial charge on any atom is 0.0883 e. The van der Waals surface area contributed by atoms with E-state index in [1.54, 1.807) is 0 Å². The van der Waals surface area contributed by atoms with Crippen LogP contribution in [0, 0.1) is 40.9 Å². The van der Waals surface area contributed by atoms with Gasteiger partial charge in [0.1, 0.15) is 0 Å². The summed E-state index contributed by atoms with van der Waals surface area (Å²) in [5, 5.41) is 15.1. The lowest BCUT2D eigenvalue weighted by Gasteiger charge is -2.57. The Morgan fingerprint density at radius 1 is 0.971 bits per heavy atom. The molecule has 0 saturated heterocycles. The second kappa shape index (κ2) is 9.87. The van der Waals surface area contributed by atoms with Gasteiger partial charge in [-0.1, -0.05) is 37.3 Å². The van der Waals surface area contributed by atoms with Crippen molar-refractivity contribution in [3.8, 4) is 0 Å². The van der Waals surface area contributed by atoms with Crippen LogP contribution in [-0.2, 0) is 4.74 Å². The van der Waals surface area contributed by atoms with Crippen molar-refractivity contribution in [1.82, 2.24) is 5.32 Å². The van der Waals surface area contributed by atoms with Crippen molar-refractivity contribution in [3.05, 3.63) is 35.9 Å². The summed E-state index contributed by atoms with van der Waals surface area (Å²) < 4.78 is 5.67. The summed E-state index contributed by atoms with van der Waals surface area (Å²) in [4.78, 5) is 0. The molecule has 0 radical (unpaired) electrons. The molecule has 10 atom stereocenters. The first-order valence-corrected chi connectivity index (χ1v) is 14.5. The highest BCUT2D eigenvalue weighted by molar-refractivity contribution is 5.18. The molecule has 0 aromatic heterocycles. The van der Waals surface area contributed by atoms with Crippen LogP contribution in [0.3, 0.4) is 0 Å². The van der Waals surface area contributed by atoms with Crippen LogP contribution in [0.15, 0.2) is 30.3 Å². The van der Waals surface area contributed by atoms with E-state index in [0.717, 1.165) is 42.4 Å². The molecule has 3 nitrogen and oxygen atoms in total. The van der Waals surface area contributed by atoms with Gasteiger partial charge in [-0.3, -0.25) is 0 Å². The van der Waals surface area contributed by atoms with Gasteiger partial charge < -0.3 is 15.2 Å². The van der Waals surface area contributed by atoms with Crippen LogP contribution in [0.25, 0.3) is 0 Å². The average molecular weight is 468 g/mol. The standard InChI is InChI=1S/C31H49NO2/c1-5-34-20-31(33)18-16-25-24(19-31)11-12-27-26(25)15-17-30(4)28(13-14-29(27)30)22(3)32-21(2)23-9-7-6-8-10-23/h6-10,21-22,24-29,32-33H,5,11-20H2,1-4H3/t21-,22+,24+,25-,26+,27+,28+,29-,30+,31+/m0/s1. The molecule has 1 aromatic carbocycles. The van der Waals surface area contributed by atoms with Gasteiger partial charge in [0, 0.05) is 18.7 Å². The van der Waals surface area contributed by atoms with Crippen LogP contribution < -0.4 is 5.32 Å². The van der Waals surface area contributed by atoms with Gasteiger partial charge in [-0.05, 0) is 125 Å². The zero-order valence-corrected chi connectivity index (χ0v) is 22.1. The van der Waals surface area contributed by atoms with E-state index in [1.807, 2.05) is 6.92 Å². The van der Waals surface area contributed by atoms with Gasteiger partial charge in [0.05, 0.1) is 12.2 Å². The molecule has 0 spiro atoms. The largest absolute Gasteiger partial charge is 0.387 e. The number of aliphatic hydroxyl groups is 1. The smallest absolute Gasteiger partial charge is 0.0883 e. The van der Waals surface area contributed by atoms with E-state index >= 15 is 0 Å². The van der Waals surface area contributed by atoms with Crippen molar-refractivity contribution in [2.45, 2.75) is 103 Å². The number of hydrogen-bond donors (Lipinski definition) is 2. The molecule has 2 N–H and O–H groups in total. The first-order valence-electron chi connectivity index (χ1n) is 14.5. The number of ether oxygens (including phenoxy) is 1. The Morgan fingerprint density at radius 2 is 1.74 bits per heavy atom. The van der Waals surface area contributed by atoms with Crippen LogP contribution in [0.4, 0.5) is 0 Å². The van der Waals surface area contributed by atoms with E-state index in [4.69, 9.17) is 4.74 Å². The number of hydrogen-bond acceptors (Lipinski definition) is 3. The van der Waals surface area contributed by atoms with Crippen molar-refractivity contribution >= 4 is 0 Å². The summed E-state index contributed by atoms with van der Waals surface area (Å²) in [5.74, 6) is 5.07. The van der Waals surface area contributed by atoms with Crippen LogP contribution in [-0.4, -0.2) is 30.0 Å². The van der Waals surface area contributed by atoms with E-state index in [0.29, 0.717) is 36.6 Å². The van der Waals surface area contributed by atoms with E-state index in [-0.39, 0.29) is 0 Å². The highest BCUT2D eigenvalue weighted by atomic mass is 16.5. The Kier molecular flexibility index (Phi) is 7.19. The molecule has 4 fully saturated rings. The highest BCUT2D eigenvalue weighted by Crippen LogP contribution is 2.65. The molecule has 0 amide bonds. The minimum Gasteiger partial charge on any atom is -0.387 e. The third-order valence-corrected chi connectivity index (χ3v) is 11.2. The van der Waals surface area contributed by atoms with Crippen molar-refractivity contribution in [3.63, 3.8) is 0 Å². The molecule has 190 valence electrons. The number of fused-ring (bicyclic) bond motifs is 5. The van der Waals surface area contributed by atoms with Crippen LogP contribution >= 0.6 is 0 Å². The summed E-state index contributed by atoms with van der Waals surface area (Å²) in [5.41, 5.74) is 1.32. The fraction of sp³-hybridized carbons (Fsp3) is 0.806. The Labute approximate surface area is 208 Å². The molecule has 0 unspecified atom stereocenters. The quantitative estimate of drug-likeness (QED) is 0.465. The third-order valence-electron chi connectivity index (χ3n) is 11.2. The molecular formula is C31H49NO2. The monoisotopic (exact) mass is 467 g/mol. The van der Waals surface area contributed by atoms with Gasteiger partial charge >= 0.3 is 0 Å². The summed E-state index contributed by atoms with van der Waals surface area (Å²) in [6.07, 6.45) is 11.5. The zero-order chi connectivity index (χ0) is 23.9. The van der Waals surface area contributed by atoms with Crippen molar-refractivity contribution in [2.75, 3.05) is 13.2 Å². The van der Waals surface area contributed by atoms with Crippen molar-refractivity contribution in [1.29, 1.82) is 0 Å². The summed E-state index contributed by atoms with van der Waals surface area (Å²) in [6.45, 7) is 10.7. The minimum atomic E-state index is -0.567. The average Bonchev–Trinajstić information content (AvgIpc) is 3.20. The number of nitrogens with one attached hydrogen (secondary N) is 1. The fourth-order valence-electron chi connectivity index (χ4n) is 9.60. The predicted molar refractivity (Wildman–Crippen MR) is 139 cm³/mol. The zero-order valence-electron chi connectivity index (χ0n) is 22.1. The molecule has 0 bridgehead atoms. The van der Waals surface area contributed by atoms with E-state index < -0.39 is 5.60 Å². The lowest BCUT2D eigenvalue weighted by Crippen LogP contribution is -2.53. The summed E-state index contributed by atoms with van der Waals surface area (Å²) in [6, 6.07) is 11.9. The van der Waals surface area contributed by atoms with Gasteiger partial charge in [-0.25, -0.2) is 0 Å². The SMILES string of the molecule is CCOC[C@@]1(O)CC[C@H]2[C@H](CC[C@@H]3[C@@H]2CC[C@]2(C)[C@@H]([C@@H](C)N[C@@H](C)c4ccccc4)CC[C@@H]32)C1. The molecule has 4 aliphatic rings. The molecule has 3 heteroatoms. The van der Waals surface area contributed by atoms with Gasteiger partial charge in [0.2, 0.25) is 0 Å². The Hall–Kier alpha value is -0.900. The molecule has 4 saturated carbocycles. The lowest BCUT2D eigenvalue weighted by atomic mass is 9.48. The van der Waals surface area contributed by atoms with Crippen LogP contribution in [0.2, 0.25) is 0 Å².